The predicted molar refractivity (Wildman–Crippen MR) is 75.2 cm³/mol. The Morgan fingerprint density at radius 2 is 2.05 bits per heavy atom. The van der Waals surface area contributed by atoms with Gasteiger partial charge >= 0.3 is 5.97 Å². The largest absolute Gasteiger partial charge is 0.480 e. The minimum absolute atomic E-state index is 0.0233. The minimum Gasteiger partial charge on any atom is -0.480 e. The van der Waals surface area contributed by atoms with Gasteiger partial charge in [-0.05, 0) is 12.1 Å². The standard InChI is InChI=1S/C15H14N2O5/c18-14(17-6-7-21-9-12(17)15(19)20)11-8-22-13(16-11)10-4-2-1-3-5-10/h1-5,8,12H,6-7,9H2,(H,19,20). The number of hydrogen-bond acceptors (Lipinski definition) is 5. The van der Waals surface area contributed by atoms with Crippen LogP contribution in [0.3, 0.4) is 0 Å². The van der Waals surface area contributed by atoms with Gasteiger partial charge in [0, 0.05) is 12.1 Å². The van der Waals surface area contributed by atoms with Crippen LogP contribution in [0.5, 0.6) is 0 Å². The van der Waals surface area contributed by atoms with Crippen LogP contribution in [-0.2, 0) is 9.53 Å². The van der Waals surface area contributed by atoms with Crippen molar-refractivity contribution in [2.75, 3.05) is 19.8 Å². The van der Waals surface area contributed by atoms with Gasteiger partial charge in [0.2, 0.25) is 5.89 Å². The Hall–Kier alpha value is -2.67. The van der Waals surface area contributed by atoms with Gasteiger partial charge in [0.15, 0.2) is 11.7 Å². The highest BCUT2D eigenvalue weighted by atomic mass is 16.5. The number of hydrogen-bond donors (Lipinski definition) is 1. The summed E-state index contributed by atoms with van der Waals surface area (Å²) in [5, 5.41) is 9.17. The summed E-state index contributed by atoms with van der Waals surface area (Å²) in [5.41, 5.74) is 0.838. The third-order valence-electron chi connectivity index (χ3n) is 3.42. The molecular weight excluding hydrogens is 288 g/mol. The first-order valence-corrected chi connectivity index (χ1v) is 6.79. The summed E-state index contributed by atoms with van der Waals surface area (Å²) in [6, 6.07) is 8.17. The molecule has 0 saturated carbocycles. The van der Waals surface area contributed by atoms with Crippen LogP contribution in [0.15, 0.2) is 41.0 Å². The van der Waals surface area contributed by atoms with Gasteiger partial charge in [0.1, 0.15) is 6.26 Å². The number of morpholine rings is 1. The number of benzene rings is 1. The van der Waals surface area contributed by atoms with Gasteiger partial charge < -0.3 is 19.2 Å². The quantitative estimate of drug-likeness (QED) is 0.917. The van der Waals surface area contributed by atoms with Crippen molar-refractivity contribution in [1.29, 1.82) is 0 Å². The third-order valence-corrected chi connectivity index (χ3v) is 3.42. The van der Waals surface area contributed by atoms with Crippen molar-refractivity contribution in [3.8, 4) is 11.5 Å². The number of carbonyl (C=O) groups is 2. The summed E-state index contributed by atoms with van der Waals surface area (Å²) in [5.74, 6) is -1.24. The Labute approximate surface area is 126 Å². The summed E-state index contributed by atoms with van der Waals surface area (Å²) in [4.78, 5) is 29.1. The second-order valence-corrected chi connectivity index (χ2v) is 4.83. The van der Waals surface area contributed by atoms with Crippen LogP contribution in [-0.4, -0.2) is 52.7 Å². The zero-order chi connectivity index (χ0) is 15.5. The van der Waals surface area contributed by atoms with Crippen LogP contribution in [0.25, 0.3) is 11.5 Å². The Balaban J connectivity index is 1.83. The summed E-state index contributed by atoms with van der Waals surface area (Å²) >= 11 is 0. The lowest BCUT2D eigenvalue weighted by molar-refractivity contribution is -0.147. The molecule has 1 saturated heterocycles. The van der Waals surface area contributed by atoms with E-state index >= 15 is 0 Å². The molecule has 1 fully saturated rings. The molecule has 7 heteroatoms. The number of carboxylic acid groups (broad SMARTS) is 1. The topological polar surface area (TPSA) is 92.9 Å². The molecule has 0 radical (unpaired) electrons. The normalized spacial score (nSPS) is 18.2. The number of aliphatic carboxylic acids is 1. The average Bonchev–Trinajstić information content (AvgIpc) is 3.05. The van der Waals surface area contributed by atoms with Gasteiger partial charge in [-0.25, -0.2) is 9.78 Å². The zero-order valence-electron chi connectivity index (χ0n) is 11.6. The van der Waals surface area contributed by atoms with Crippen molar-refractivity contribution in [2.45, 2.75) is 6.04 Å². The van der Waals surface area contributed by atoms with E-state index in [-0.39, 0.29) is 18.8 Å². The van der Waals surface area contributed by atoms with Crippen molar-refractivity contribution < 1.29 is 23.8 Å². The first-order valence-electron chi connectivity index (χ1n) is 6.79. The van der Waals surface area contributed by atoms with Crippen LogP contribution < -0.4 is 0 Å². The molecule has 0 spiro atoms. The highest BCUT2D eigenvalue weighted by Crippen LogP contribution is 2.20. The van der Waals surface area contributed by atoms with Crippen molar-refractivity contribution in [3.05, 3.63) is 42.3 Å². The van der Waals surface area contributed by atoms with Gasteiger partial charge in [0.25, 0.3) is 5.91 Å². The fraction of sp³-hybridized carbons (Fsp3) is 0.267. The van der Waals surface area contributed by atoms with Crippen LogP contribution in [0, 0.1) is 0 Å². The highest BCUT2D eigenvalue weighted by Gasteiger charge is 2.34. The number of amides is 1. The predicted octanol–water partition coefficient (Wildman–Crippen LogP) is 1.27. The lowest BCUT2D eigenvalue weighted by Crippen LogP contribution is -2.52. The molecule has 2 heterocycles. The fourth-order valence-corrected chi connectivity index (χ4v) is 2.28. The van der Waals surface area contributed by atoms with E-state index in [0.29, 0.717) is 12.5 Å². The minimum atomic E-state index is -1.10. The lowest BCUT2D eigenvalue weighted by Gasteiger charge is -2.32. The number of nitrogens with zero attached hydrogens (tertiary/aromatic N) is 2. The Kier molecular flexibility index (Phi) is 3.88. The molecule has 22 heavy (non-hydrogen) atoms. The van der Waals surface area contributed by atoms with Gasteiger partial charge in [-0.1, -0.05) is 18.2 Å². The first kappa shape index (κ1) is 14.3. The molecule has 1 N–H and O–H groups in total. The molecule has 1 unspecified atom stereocenters. The van der Waals surface area contributed by atoms with Crippen LogP contribution in [0.4, 0.5) is 0 Å². The third kappa shape index (κ3) is 2.71. The van der Waals surface area contributed by atoms with Gasteiger partial charge in [0.05, 0.1) is 13.2 Å². The van der Waals surface area contributed by atoms with Gasteiger partial charge in [-0.3, -0.25) is 4.79 Å². The second-order valence-electron chi connectivity index (χ2n) is 4.83. The molecule has 7 nitrogen and oxygen atoms in total. The number of carboxylic acids is 1. The Bertz CT molecular complexity index is 682. The molecular formula is C15H14N2O5. The maximum absolute atomic E-state index is 12.4. The van der Waals surface area contributed by atoms with Crippen LogP contribution in [0.1, 0.15) is 10.5 Å². The monoisotopic (exact) mass is 302 g/mol. The number of carbonyl (C=O) groups excluding carboxylic acids is 1. The lowest BCUT2D eigenvalue weighted by atomic mass is 10.2. The van der Waals surface area contributed by atoms with E-state index < -0.39 is 17.9 Å². The molecule has 1 aromatic heterocycles. The van der Waals surface area contributed by atoms with E-state index in [1.807, 2.05) is 30.3 Å². The number of ether oxygens (including phenoxy) is 1. The molecule has 2 aromatic rings. The maximum Gasteiger partial charge on any atom is 0.328 e. The molecule has 1 aliphatic heterocycles. The molecule has 114 valence electrons. The van der Waals surface area contributed by atoms with E-state index in [1.54, 1.807) is 0 Å². The molecule has 0 bridgehead atoms. The Morgan fingerprint density at radius 3 is 2.77 bits per heavy atom. The van der Waals surface area contributed by atoms with E-state index in [2.05, 4.69) is 4.98 Å². The fourth-order valence-electron chi connectivity index (χ4n) is 2.28. The number of oxazole rings is 1. The molecule has 1 aromatic carbocycles. The van der Waals surface area contributed by atoms with Crippen molar-refractivity contribution in [1.82, 2.24) is 9.88 Å². The van der Waals surface area contributed by atoms with E-state index in [9.17, 15) is 9.59 Å². The van der Waals surface area contributed by atoms with Crippen molar-refractivity contribution in [2.24, 2.45) is 0 Å². The summed E-state index contributed by atoms with van der Waals surface area (Å²) in [6.07, 6.45) is 1.25. The van der Waals surface area contributed by atoms with Gasteiger partial charge in [-0.15, -0.1) is 0 Å². The van der Waals surface area contributed by atoms with E-state index in [0.717, 1.165) is 5.56 Å². The molecule has 0 aliphatic carbocycles. The highest BCUT2D eigenvalue weighted by molar-refractivity contribution is 5.95. The second kappa shape index (κ2) is 5.98. The van der Waals surface area contributed by atoms with E-state index in [4.69, 9.17) is 14.3 Å². The van der Waals surface area contributed by atoms with Crippen molar-refractivity contribution in [3.63, 3.8) is 0 Å². The molecule has 3 rings (SSSR count). The first-order chi connectivity index (χ1) is 10.7. The van der Waals surface area contributed by atoms with E-state index in [1.165, 1.54) is 11.2 Å². The molecule has 1 amide bonds. The summed E-state index contributed by atoms with van der Waals surface area (Å²) < 4.78 is 10.4. The average molecular weight is 302 g/mol. The maximum atomic E-state index is 12.4. The molecule has 1 atom stereocenters. The van der Waals surface area contributed by atoms with Crippen LogP contribution >= 0.6 is 0 Å². The zero-order valence-corrected chi connectivity index (χ0v) is 11.6. The van der Waals surface area contributed by atoms with Crippen LogP contribution in [0.2, 0.25) is 0 Å². The summed E-state index contributed by atoms with van der Waals surface area (Å²) in [7, 11) is 0. The van der Waals surface area contributed by atoms with Gasteiger partial charge in [-0.2, -0.15) is 0 Å². The number of rotatable bonds is 3. The van der Waals surface area contributed by atoms with Crippen molar-refractivity contribution >= 4 is 11.9 Å². The molecule has 1 aliphatic rings. The Morgan fingerprint density at radius 1 is 1.27 bits per heavy atom. The SMILES string of the molecule is O=C(O)C1COCCN1C(=O)c1coc(-c2ccccc2)n1. The number of aromatic nitrogens is 1. The smallest absolute Gasteiger partial charge is 0.328 e. The summed E-state index contributed by atoms with van der Waals surface area (Å²) in [6.45, 7) is 0.493.